The number of ether oxygens (including phenoxy) is 1. The number of halogens is 1. The summed E-state index contributed by atoms with van der Waals surface area (Å²) in [5, 5.41) is 9.48. The summed E-state index contributed by atoms with van der Waals surface area (Å²) >= 11 is 7.44. The predicted molar refractivity (Wildman–Crippen MR) is 91.9 cm³/mol. The molecule has 2 N–H and O–H groups in total. The molecule has 2 aromatic rings. The second-order valence-electron chi connectivity index (χ2n) is 4.90. The van der Waals surface area contributed by atoms with Crippen molar-refractivity contribution in [1.29, 1.82) is 0 Å². The molecule has 0 aliphatic heterocycles. The maximum atomic E-state index is 12.0. The Bertz CT molecular complexity index is 689. The van der Waals surface area contributed by atoms with Crippen molar-refractivity contribution < 1.29 is 14.3 Å². The van der Waals surface area contributed by atoms with Gasteiger partial charge in [0.15, 0.2) is 0 Å². The summed E-state index contributed by atoms with van der Waals surface area (Å²) in [6.45, 7) is 2.04. The van der Waals surface area contributed by atoms with Crippen LogP contribution >= 0.6 is 22.9 Å². The highest BCUT2D eigenvalue weighted by Gasteiger charge is 2.18. The van der Waals surface area contributed by atoms with Crippen molar-refractivity contribution in [2.24, 2.45) is 0 Å². The molecule has 2 amide bonds. The molecule has 7 heteroatoms. The molecular weight excluding hydrogens is 336 g/mol. The van der Waals surface area contributed by atoms with Gasteiger partial charge in [-0.25, -0.2) is 0 Å². The molecule has 1 unspecified atom stereocenters. The van der Waals surface area contributed by atoms with Gasteiger partial charge in [0.05, 0.1) is 0 Å². The van der Waals surface area contributed by atoms with E-state index in [0.29, 0.717) is 10.7 Å². The summed E-state index contributed by atoms with van der Waals surface area (Å²) < 4.78 is 5.32. The van der Waals surface area contributed by atoms with Gasteiger partial charge in [0.1, 0.15) is 6.10 Å². The highest BCUT2D eigenvalue weighted by Crippen LogP contribution is 2.20. The van der Waals surface area contributed by atoms with Crippen molar-refractivity contribution in [3.63, 3.8) is 0 Å². The van der Waals surface area contributed by atoms with Gasteiger partial charge in [-0.15, -0.1) is 0 Å². The van der Waals surface area contributed by atoms with Crippen LogP contribution in [-0.4, -0.2) is 25.5 Å². The molecular formula is C16H17ClN2O3S. The third kappa shape index (κ3) is 4.79. The quantitative estimate of drug-likeness (QED) is 0.812. The third-order valence-electron chi connectivity index (χ3n) is 3.30. The number of hydrogen-bond donors (Lipinski definition) is 2. The highest BCUT2D eigenvalue weighted by atomic mass is 35.5. The van der Waals surface area contributed by atoms with Crippen LogP contribution in [0.4, 0.5) is 5.69 Å². The van der Waals surface area contributed by atoms with Crippen molar-refractivity contribution in [2.45, 2.75) is 13.0 Å². The maximum Gasteiger partial charge on any atom is 0.313 e. The van der Waals surface area contributed by atoms with Gasteiger partial charge in [-0.3, -0.25) is 9.59 Å². The molecule has 0 saturated heterocycles. The molecule has 0 aliphatic carbocycles. The molecule has 1 heterocycles. The molecule has 0 spiro atoms. The SMILES string of the molecule is COC(CNC(=O)C(=O)Nc1cc(Cl)ccc1C)c1ccsc1. The normalized spacial score (nSPS) is 11.8. The van der Waals surface area contributed by atoms with Gasteiger partial charge in [-0.05, 0) is 47.0 Å². The van der Waals surface area contributed by atoms with E-state index in [-0.39, 0.29) is 12.6 Å². The third-order valence-corrected chi connectivity index (χ3v) is 4.24. The number of aryl methyl sites for hydroxylation is 1. The zero-order valence-electron chi connectivity index (χ0n) is 12.8. The van der Waals surface area contributed by atoms with Gasteiger partial charge in [-0.2, -0.15) is 11.3 Å². The number of hydrogen-bond acceptors (Lipinski definition) is 4. The number of anilines is 1. The van der Waals surface area contributed by atoms with Crippen LogP contribution in [0.1, 0.15) is 17.2 Å². The Morgan fingerprint density at radius 2 is 2.09 bits per heavy atom. The van der Waals surface area contributed by atoms with Gasteiger partial charge in [0.25, 0.3) is 0 Å². The van der Waals surface area contributed by atoms with Gasteiger partial charge < -0.3 is 15.4 Å². The van der Waals surface area contributed by atoms with Crippen molar-refractivity contribution in [3.05, 3.63) is 51.2 Å². The minimum Gasteiger partial charge on any atom is -0.375 e. The Morgan fingerprint density at radius 1 is 1.30 bits per heavy atom. The fourth-order valence-electron chi connectivity index (χ4n) is 1.97. The molecule has 0 bridgehead atoms. The fraction of sp³-hybridized carbons (Fsp3) is 0.250. The van der Waals surface area contributed by atoms with Crippen LogP contribution in [0, 0.1) is 6.92 Å². The van der Waals surface area contributed by atoms with Crippen LogP contribution in [0.5, 0.6) is 0 Å². The average molecular weight is 353 g/mol. The lowest BCUT2D eigenvalue weighted by molar-refractivity contribution is -0.136. The second-order valence-corrected chi connectivity index (χ2v) is 6.12. The molecule has 1 atom stereocenters. The number of nitrogens with one attached hydrogen (secondary N) is 2. The Morgan fingerprint density at radius 3 is 2.74 bits per heavy atom. The molecule has 23 heavy (non-hydrogen) atoms. The van der Waals surface area contributed by atoms with Crippen LogP contribution in [0.25, 0.3) is 0 Å². The minimum atomic E-state index is -0.740. The summed E-state index contributed by atoms with van der Waals surface area (Å²) in [5.41, 5.74) is 2.30. The van der Waals surface area contributed by atoms with Crippen LogP contribution in [-0.2, 0) is 14.3 Å². The fourth-order valence-corrected chi connectivity index (χ4v) is 2.84. The smallest absolute Gasteiger partial charge is 0.313 e. The molecule has 0 saturated carbocycles. The van der Waals surface area contributed by atoms with Crippen molar-refractivity contribution >= 4 is 40.4 Å². The lowest BCUT2D eigenvalue weighted by atomic mass is 10.2. The monoisotopic (exact) mass is 352 g/mol. The zero-order valence-corrected chi connectivity index (χ0v) is 14.3. The van der Waals surface area contributed by atoms with Gasteiger partial charge >= 0.3 is 11.8 Å². The zero-order chi connectivity index (χ0) is 16.8. The number of carbonyl (C=O) groups is 2. The van der Waals surface area contributed by atoms with E-state index in [1.807, 2.05) is 23.8 Å². The Hall–Kier alpha value is -1.89. The maximum absolute atomic E-state index is 12.0. The number of thiophene rings is 1. The number of carbonyl (C=O) groups excluding carboxylic acids is 2. The van der Waals surface area contributed by atoms with Gasteiger partial charge in [0.2, 0.25) is 0 Å². The molecule has 0 aliphatic rings. The first-order chi connectivity index (χ1) is 11.0. The average Bonchev–Trinajstić information content (AvgIpc) is 3.05. The van der Waals surface area contributed by atoms with Crippen LogP contribution in [0.2, 0.25) is 5.02 Å². The van der Waals surface area contributed by atoms with E-state index in [4.69, 9.17) is 16.3 Å². The summed E-state index contributed by atoms with van der Waals surface area (Å²) in [5.74, 6) is -1.46. The molecule has 122 valence electrons. The van der Waals surface area contributed by atoms with Crippen LogP contribution < -0.4 is 10.6 Å². The molecule has 1 aromatic heterocycles. The number of amides is 2. The lowest BCUT2D eigenvalue weighted by Gasteiger charge is -2.15. The standard InChI is InChI=1S/C16H17ClN2O3S/c1-10-3-4-12(17)7-13(10)19-16(21)15(20)18-8-14(22-2)11-5-6-23-9-11/h3-7,9,14H,8H2,1-2H3,(H,18,20)(H,19,21). The second kappa shape index (κ2) is 8.10. The minimum absolute atomic E-state index is 0.216. The summed E-state index contributed by atoms with van der Waals surface area (Å²) in [4.78, 5) is 23.9. The van der Waals surface area contributed by atoms with Crippen LogP contribution in [0.15, 0.2) is 35.0 Å². The van der Waals surface area contributed by atoms with E-state index < -0.39 is 11.8 Å². The van der Waals surface area contributed by atoms with E-state index in [0.717, 1.165) is 11.1 Å². The Balaban J connectivity index is 1.92. The van der Waals surface area contributed by atoms with Gasteiger partial charge in [-0.1, -0.05) is 17.7 Å². The number of methoxy groups -OCH3 is 1. The first-order valence-electron chi connectivity index (χ1n) is 6.91. The topological polar surface area (TPSA) is 67.4 Å². The number of benzene rings is 1. The summed E-state index contributed by atoms with van der Waals surface area (Å²) in [6, 6.07) is 7.01. The molecule has 1 aromatic carbocycles. The van der Waals surface area contributed by atoms with Gasteiger partial charge in [0, 0.05) is 24.4 Å². The van der Waals surface area contributed by atoms with E-state index in [1.54, 1.807) is 36.6 Å². The van der Waals surface area contributed by atoms with Crippen molar-refractivity contribution in [3.8, 4) is 0 Å². The molecule has 0 fully saturated rings. The molecule has 5 nitrogen and oxygen atoms in total. The predicted octanol–water partition coefficient (Wildman–Crippen LogP) is 3.15. The highest BCUT2D eigenvalue weighted by molar-refractivity contribution is 7.07. The first-order valence-corrected chi connectivity index (χ1v) is 8.23. The summed E-state index contributed by atoms with van der Waals surface area (Å²) in [7, 11) is 1.56. The van der Waals surface area contributed by atoms with E-state index in [1.165, 1.54) is 0 Å². The van der Waals surface area contributed by atoms with E-state index >= 15 is 0 Å². The Kier molecular flexibility index (Phi) is 6.15. The molecule has 0 radical (unpaired) electrons. The molecule has 2 rings (SSSR count). The van der Waals surface area contributed by atoms with Crippen molar-refractivity contribution in [2.75, 3.05) is 19.0 Å². The van der Waals surface area contributed by atoms with Crippen molar-refractivity contribution in [1.82, 2.24) is 5.32 Å². The Labute approximate surface area is 143 Å². The lowest BCUT2D eigenvalue weighted by Crippen LogP contribution is -2.38. The van der Waals surface area contributed by atoms with Crippen LogP contribution in [0.3, 0.4) is 0 Å². The summed E-state index contributed by atoms with van der Waals surface area (Å²) in [6.07, 6.45) is -0.286. The number of rotatable bonds is 5. The largest absolute Gasteiger partial charge is 0.375 e. The van der Waals surface area contributed by atoms with E-state index in [2.05, 4.69) is 10.6 Å². The first kappa shape index (κ1) is 17.5. The van der Waals surface area contributed by atoms with E-state index in [9.17, 15) is 9.59 Å².